The smallest absolute Gasteiger partial charge is 0.123 e. The first kappa shape index (κ1) is 10.4. The predicted octanol–water partition coefficient (Wildman–Crippen LogP) is 3.65. The van der Waals surface area contributed by atoms with Crippen molar-refractivity contribution >= 4 is 27.3 Å². The van der Waals surface area contributed by atoms with Gasteiger partial charge in [-0.3, -0.25) is 0 Å². The topological polar surface area (TPSA) is 22.1 Å². The number of aromatic nitrogens is 1. The van der Waals surface area contributed by atoms with Crippen molar-refractivity contribution in [2.24, 2.45) is 0 Å². The molecule has 0 fully saturated rings. The predicted molar refractivity (Wildman–Crippen MR) is 68.6 cm³/mol. The minimum Gasteiger partial charge on any atom is -0.375 e. The Morgan fingerprint density at radius 1 is 1.38 bits per heavy atom. The van der Waals surface area contributed by atoms with Crippen molar-refractivity contribution in [3.63, 3.8) is 0 Å². The number of hydrogen-bond donors (Lipinski definition) is 0. The van der Waals surface area contributed by atoms with Gasteiger partial charge in [-0.2, -0.15) is 0 Å². The Hall–Kier alpha value is -0.710. The fraction of sp³-hybridized carbons (Fsp3) is 0.250. The monoisotopic (exact) mass is 295 g/mol. The molecular weight excluding hydrogens is 286 g/mol. The van der Waals surface area contributed by atoms with Gasteiger partial charge in [-0.05, 0) is 12.1 Å². The fourth-order valence-electron chi connectivity index (χ4n) is 1.77. The lowest BCUT2D eigenvalue weighted by molar-refractivity contribution is 0.112. The normalized spacial score (nSPS) is 14.8. The molecule has 0 unspecified atom stereocenters. The number of rotatable bonds is 1. The van der Waals surface area contributed by atoms with Gasteiger partial charge in [0.15, 0.2) is 0 Å². The minimum atomic E-state index is 0.723. The maximum Gasteiger partial charge on any atom is 0.123 e. The molecule has 4 heteroatoms. The van der Waals surface area contributed by atoms with Crippen LogP contribution in [0.15, 0.2) is 28.7 Å². The molecule has 0 radical (unpaired) electrons. The number of benzene rings is 1. The number of fused-ring (bicyclic) bond motifs is 1. The Morgan fingerprint density at radius 3 is 3.12 bits per heavy atom. The summed E-state index contributed by atoms with van der Waals surface area (Å²) in [7, 11) is 0. The van der Waals surface area contributed by atoms with E-state index in [0.29, 0.717) is 0 Å². The molecule has 1 aromatic carbocycles. The molecule has 2 nitrogen and oxygen atoms in total. The van der Waals surface area contributed by atoms with Gasteiger partial charge in [0, 0.05) is 16.5 Å². The van der Waals surface area contributed by atoms with Gasteiger partial charge in [-0.15, -0.1) is 11.3 Å². The molecule has 2 aromatic rings. The quantitative estimate of drug-likeness (QED) is 0.801. The molecule has 0 atom stereocenters. The summed E-state index contributed by atoms with van der Waals surface area (Å²) in [6.45, 7) is 1.52. The molecule has 0 N–H and O–H groups in total. The summed E-state index contributed by atoms with van der Waals surface area (Å²) in [5.74, 6) is 0. The van der Waals surface area contributed by atoms with Crippen molar-refractivity contribution in [1.82, 2.24) is 4.98 Å². The lowest BCUT2D eigenvalue weighted by Gasteiger charge is -2.08. The molecule has 82 valence electrons. The number of nitrogens with zero attached hydrogens (tertiary/aromatic N) is 1. The molecule has 3 rings (SSSR count). The molecule has 1 aliphatic heterocycles. The zero-order chi connectivity index (χ0) is 11.0. The molecule has 2 heterocycles. The van der Waals surface area contributed by atoms with Crippen LogP contribution in [0.1, 0.15) is 10.6 Å². The first-order valence-corrected chi connectivity index (χ1v) is 6.76. The zero-order valence-corrected chi connectivity index (χ0v) is 11.0. The van der Waals surface area contributed by atoms with Crippen LogP contribution in [0.2, 0.25) is 0 Å². The second kappa shape index (κ2) is 4.28. The van der Waals surface area contributed by atoms with Crippen molar-refractivity contribution in [3.8, 4) is 10.6 Å². The van der Waals surface area contributed by atoms with Crippen molar-refractivity contribution in [2.75, 3.05) is 6.61 Å². The molecule has 0 spiro atoms. The van der Waals surface area contributed by atoms with Crippen LogP contribution >= 0.6 is 27.3 Å². The second-order valence-electron chi connectivity index (χ2n) is 3.70. The Bertz CT molecular complexity index is 500. The number of hydrogen-bond acceptors (Lipinski definition) is 3. The highest BCUT2D eigenvalue weighted by molar-refractivity contribution is 9.10. The minimum absolute atomic E-state index is 0.723. The summed E-state index contributed by atoms with van der Waals surface area (Å²) in [6, 6.07) is 8.26. The molecule has 0 bridgehead atoms. The summed E-state index contributed by atoms with van der Waals surface area (Å²) in [5.41, 5.74) is 2.39. The second-order valence-corrected chi connectivity index (χ2v) is 5.70. The van der Waals surface area contributed by atoms with E-state index in [-0.39, 0.29) is 0 Å². The maximum atomic E-state index is 5.43. The molecule has 1 aromatic heterocycles. The average Bonchev–Trinajstić information content (AvgIpc) is 2.72. The molecule has 0 saturated carbocycles. The lowest BCUT2D eigenvalue weighted by Crippen LogP contribution is -2.07. The van der Waals surface area contributed by atoms with Crippen LogP contribution in [0.5, 0.6) is 0 Å². The number of halogens is 1. The van der Waals surface area contributed by atoms with Gasteiger partial charge < -0.3 is 4.74 Å². The van der Waals surface area contributed by atoms with Crippen molar-refractivity contribution < 1.29 is 4.74 Å². The molecule has 1 aliphatic rings. The van der Waals surface area contributed by atoms with E-state index in [1.165, 1.54) is 16.1 Å². The molecule has 0 saturated heterocycles. The zero-order valence-electron chi connectivity index (χ0n) is 8.57. The van der Waals surface area contributed by atoms with Gasteiger partial charge in [0.1, 0.15) is 5.01 Å². The fourth-order valence-corrected chi connectivity index (χ4v) is 3.21. The third-order valence-electron chi connectivity index (χ3n) is 2.57. The Kier molecular flexibility index (Phi) is 2.79. The highest BCUT2D eigenvalue weighted by Crippen LogP contribution is 2.31. The first-order chi connectivity index (χ1) is 7.83. The summed E-state index contributed by atoms with van der Waals surface area (Å²) in [4.78, 5) is 5.96. The average molecular weight is 296 g/mol. The van der Waals surface area contributed by atoms with Gasteiger partial charge in [-0.1, -0.05) is 28.1 Å². The Balaban J connectivity index is 2.03. The summed E-state index contributed by atoms with van der Waals surface area (Å²) < 4.78 is 6.52. The number of thiazole rings is 1. The SMILES string of the molecule is Brc1cccc(-c2nc3c(s2)COCC3)c1. The van der Waals surface area contributed by atoms with Gasteiger partial charge in [0.25, 0.3) is 0 Å². The molecule has 0 aliphatic carbocycles. The highest BCUT2D eigenvalue weighted by Gasteiger charge is 2.16. The number of ether oxygens (including phenoxy) is 1. The van der Waals surface area contributed by atoms with Gasteiger partial charge in [0.2, 0.25) is 0 Å². The van der Waals surface area contributed by atoms with Crippen molar-refractivity contribution in [2.45, 2.75) is 13.0 Å². The Morgan fingerprint density at radius 2 is 2.31 bits per heavy atom. The van der Waals surface area contributed by atoms with Gasteiger partial charge >= 0.3 is 0 Å². The summed E-state index contributed by atoms with van der Waals surface area (Å²) in [5, 5.41) is 1.09. The van der Waals surface area contributed by atoms with E-state index < -0.39 is 0 Å². The van der Waals surface area contributed by atoms with E-state index in [2.05, 4.69) is 33.0 Å². The van der Waals surface area contributed by atoms with E-state index in [0.717, 1.165) is 29.1 Å². The van der Waals surface area contributed by atoms with Crippen LogP contribution in [0.3, 0.4) is 0 Å². The van der Waals surface area contributed by atoms with E-state index in [1.807, 2.05) is 12.1 Å². The Labute approximate surface area is 106 Å². The van der Waals surface area contributed by atoms with Crippen LogP contribution in [0.4, 0.5) is 0 Å². The largest absolute Gasteiger partial charge is 0.375 e. The van der Waals surface area contributed by atoms with E-state index in [1.54, 1.807) is 11.3 Å². The van der Waals surface area contributed by atoms with E-state index in [4.69, 9.17) is 4.74 Å². The van der Waals surface area contributed by atoms with E-state index in [9.17, 15) is 0 Å². The van der Waals surface area contributed by atoms with Crippen molar-refractivity contribution in [1.29, 1.82) is 0 Å². The van der Waals surface area contributed by atoms with Crippen LogP contribution in [-0.2, 0) is 17.8 Å². The lowest BCUT2D eigenvalue weighted by atomic mass is 10.2. The third kappa shape index (κ3) is 1.93. The summed E-state index contributed by atoms with van der Waals surface area (Å²) >= 11 is 5.22. The van der Waals surface area contributed by atoms with Crippen LogP contribution in [0, 0.1) is 0 Å². The molecule has 16 heavy (non-hydrogen) atoms. The maximum absolute atomic E-state index is 5.43. The first-order valence-electron chi connectivity index (χ1n) is 5.15. The van der Waals surface area contributed by atoms with Gasteiger partial charge in [-0.25, -0.2) is 4.98 Å². The third-order valence-corrected chi connectivity index (χ3v) is 4.18. The molecular formula is C12H10BrNOS. The molecule has 0 amide bonds. The van der Waals surface area contributed by atoms with Crippen LogP contribution < -0.4 is 0 Å². The van der Waals surface area contributed by atoms with Gasteiger partial charge in [0.05, 0.1) is 23.8 Å². The summed E-state index contributed by atoms with van der Waals surface area (Å²) in [6.07, 6.45) is 0.944. The highest BCUT2D eigenvalue weighted by atomic mass is 79.9. The van der Waals surface area contributed by atoms with Crippen LogP contribution in [0.25, 0.3) is 10.6 Å². The van der Waals surface area contributed by atoms with Crippen molar-refractivity contribution in [3.05, 3.63) is 39.3 Å². The van der Waals surface area contributed by atoms with E-state index >= 15 is 0 Å². The standard InChI is InChI=1S/C12H10BrNOS/c13-9-3-1-2-8(6-9)12-14-10-4-5-15-7-11(10)16-12/h1-3,6H,4-5,7H2. The van der Waals surface area contributed by atoms with Crippen LogP contribution in [-0.4, -0.2) is 11.6 Å².